The largest absolute Gasteiger partial charge is 0.379 e. The molecular weight excluding hydrogens is 352 g/mol. The van der Waals surface area contributed by atoms with E-state index >= 15 is 0 Å². The smallest absolute Gasteiger partial charge is 0.223 e. The van der Waals surface area contributed by atoms with Crippen molar-refractivity contribution in [1.29, 1.82) is 0 Å². The molecule has 0 unspecified atom stereocenters. The summed E-state index contributed by atoms with van der Waals surface area (Å²) in [4.78, 5) is 17.4. The van der Waals surface area contributed by atoms with Crippen LogP contribution in [-0.4, -0.2) is 64.9 Å². The van der Waals surface area contributed by atoms with Crippen molar-refractivity contribution >= 4 is 5.91 Å². The molecule has 2 aromatic rings. The number of ether oxygens (including phenoxy) is 1. The van der Waals surface area contributed by atoms with Gasteiger partial charge in [-0.3, -0.25) is 9.69 Å². The van der Waals surface area contributed by atoms with Gasteiger partial charge in [-0.1, -0.05) is 39.0 Å². The van der Waals surface area contributed by atoms with Gasteiger partial charge in [-0.05, 0) is 23.6 Å². The Kier molecular flexibility index (Phi) is 6.86. The Morgan fingerprint density at radius 1 is 1.14 bits per heavy atom. The Morgan fingerprint density at radius 2 is 1.86 bits per heavy atom. The quantitative estimate of drug-likeness (QED) is 0.736. The molecule has 1 aliphatic heterocycles. The fourth-order valence-electron chi connectivity index (χ4n) is 3.39. The molecule has 1 aliphatic rings. The zero-order valence-corrected chi connectivity index (χ0v) is 17.3. The van der Waals surface area contributed by atoms with E-state index in [-0.39, 0.29) is 11.3 Å². The maximum atomic E-state index is 13.1. The standard InChI is InChI=1S/C22H32N4O2/c1-22(2,3)17-21(27)25(12-11-24-13-15-28-16-14-24)18-20-9-10-23-26(20)19-7-5-4-6-8-19/h4-10H,11-18H2,1-3H3. The highest BCUT2D eigenvalue weighted by Crippen LogP contribution is 2.21. The molecule has 6 heteroatoms. The third-order valence-electron chi connectivity index (χ3n) is 4.90. The fourth-order valence-corrected chi connectivity index (χ4v) is 3.39. The molecule has 152 valence electrons. The molecule has 0 radical (unpaired) electrons. The highest BCUT2D eigenvalue weighted by molar-refractivity contribution is 5.76. The van der Waals surface area contributed by atoms with Gasteiger partial charge >= 0.3 is 0 Å². The number of rotatable bonds is 7. The van der Waals surface area contributed by atoms with E-state index in [1.807, 2.05) is 46.0 Å². The topological polar surface area (TPSA) is 50.6 Å². The molecule has 0 bridgehead atoms. The minimum absolute atomic E-state index is 0.0338. The van der Waals surface area contributed by atoms with Gasteiger partial charge < -0.3 is 9.64 Å². The second-order valence-corrected chi connectivity index (χ2v) is 8.58. The van der Waals surface area contributed by atoms with Gasteiger partial charge in [-0.15, -0.1) is 0 Å². The van der Waals surface area contributed by atoms with Crippen LogP contribution >= 0.6 is 0 Å². The average molecular weight is 385 g/mol. The van der Waals surface area contributed by atoms with E-state index in [0.717, 1.165) is 50.8 Å². The van der Waals surface area contributed by atoms with Crippen molar-refractivity contribution in [1.82, 2.24) is 19.6 Å². The van der Waals surface area contributed by atoms with Crippen LogP contribution in [0.15, 0.2) is 42.6 Å². The van der Waals surface area contributed by atoms with E-state index in [9.17, 15) is 4.79 Å². The summed E-state index contributed by atoms with van der Waals surface area (Å²) in [5.74, 6) is 0.196. The molecule has 2 heterocycles. The van der Waals surface area contributed by atoms with Crippen LogP contribution in [0.25, 0.3) is 5.69 Å². The summed E-state index contributed by atoms with van der Waals surface area (Å²) >= 11 is 0. The molecule has 0 atom stereocenters. The molecule has 28 heavy (non-hydrogen) atoms. The SMILES string of the molecule is CC(C)(C)CC(=O)N(CCN1CCOCC1)Cc1ccnn1-c1ccccc1. The molecule has 1 aromatic carbocycles. The van der Waals surface area contributed by atoms with Crippen LogP contribution < -0.4 is 0 Å². The number of carbonyl (C=O) groups is 1. The molecule has 0 N–H and O–H groups in total. The van der Waals surface area contributed by atoms with Crippen molar-refractivity contribution in [3.63, 3.8) is 0 Å². The Labute approximate surface area is 168 Å². The fraction of sp³-hybridized carbons (Fsp3) is 0.545. The molecule has 1 aromatic heterocycles. The lowest BCUT2D eigenvalue weighted by molar-refractivity contribution is -0.134. The van der Waals surface area contributed by atoms with Crippen molar-refractivity contribution in [2.75, 3.05) is 39.4 Å². The van der Waals surface area contributed by atoms with Gasteiger partial charge in [0.2, 0.25) is 5.91 Å². The molecule has 3 rings (SSSR count). The van der Waals surface area contributed by atoms with Gasteiger partial charge in [-0.2, -0.15) is 5.10 Å². The highest BCUT2D eigenvalue weighted by Gasteiger charge is 2.23. The lowest BCUT2D eigenvalue weighted by Crippen LogP contribution is -2.43. The predicted octanol–water partition coefficient (Wildman–Crippen LogP) is 2.97. The number of nitrogens with zero attached hydrogens (tertiary/aromatic N) is 4. The van der Waals surface area contributed by atoms with E-state index in [2.05, 4.69) is 30.8 Å². The van der Waals surface area contributed by atoms with Crippen molar-refractivity contribution < 1.29 is 9.53 Å². The van der Waals surface area contributed by atoms with E-state index in [4.69, 9.17) is 4.74 Å². The predicted molar refractivity (Wildman–Crippen MR) is 110 cm³/mol. The van der Waals surface area contributed by atoms with E-state index in [1.165, 1.54) is 0 Å². The number of carbonyl (C=O) groups excluding carboxylic acids is 1. The summed E-state index contributed by atoms with van der Waals surface area (Å²) in [6.45, 7) is 11.9. The summed E-state index contributed by atoms with van der Waals surface area (Å²) in [5.41, 5.74) is 2.00. The van der Waals surface area contributed by atoms with Crippen molar-refractivity contribution in [3.8, 4) is 5.69 Å². The minimum Gasteiger partial charge on any atom is -0.379 e. The number of hydrogen-bond acceptors (Lipinski definition) is 4. The molecule has 1 saturated heterocycles. The van der Waals surface area contributed by atoms with Crippen LogP contribution in [0.4, 0.5) is 0 Å². The first-order valence-corrected chi connectivity index (χ1v) is 10.1. The lowest BCUT2D eigenvalue weighted by atomic mass is 9.91. The van der Waals surface area contributed by atoms with Gasteiger partial charge in [0.05, 0.1) is 31.1 Å². The zero-order valence-electron chi connectivity index (χ0n) is 17.3. The summed E-state index contributed by atoms with van der Waals surface area (Å²) in [5, 5.41) is 4.48. The van der Waals surface area contributed by atoms with E-state index in [1.54, 1.807) is 6.20 Å². The summed E-state index contributed by atoms with van der Waals surface area (Å²) in [7, 11) is 0. The average Bonchev–Trinajstić information content (AvgIpc) is 3.13. The van der Waals surface area contributed by atoms with Gasteiger partial charge in [0, 0.05) is 38.8 Å². The van der Waals surface area contributed by atoms with Crippen LogP contribution in [-0.2, 0) is 16.1 Å². The van der Waals surface area contributed by atoms with Gasteiger partial charge in [0.25, 0.3) is 0 Å². The van der Waals surface area contributed by atoms with Gasteiger partial charge in [0.1, 0.15) is 0 Å². The maximum Gasteiger partial charge on any atom is 0.223 e. The van der Waals surface area contributed by atoms with Crippen molar-refractivity contribution in [3.05, 3.63) is 48.3 Å². The third-order valence-corrected chi connectivity index (χ3v) is 4.90. The Bertz CT molecular complexity index is 745. The van der Waals surface area contributed by atoms with Crippen LogP contribution in [0.2, 0.25) is 0 Å². The molecular formula is C22H32N4O2. The first kappa shape index (κ1) is 20.6. The number of aromatic nitrogens is 2. The minimum atomic E-state index is -0.0338. The lowest BCUT2D eigenvalue weighted by Gasteiger charge is -2.31. The first-order chi connectivity index (χ1) is 13.4. The monoisotopic (exact) mass is 384 g/mol. The van der Waals surface area contributed by atoms with Crippen LogP contribution in [0.1, 0.15) is 32.9 Å². The summed E-state index contributed by atoms with van der Waals surface area (Å²) in [6.07, 6.45) is 2.34. The number of hydrogen-bond donors (Lipinski definition) is 0. The normalized spacial score (nSPS) is 15.5. The third kappa shape index (κ3) is 5.91. The van der Waals surface area contributed by atoms with Gasteiger partial charge in [0.15, 0.2) is 0 Å². The molecule has 0 aliphatic carbocycles. The van der Waals surface area contributed by atoms with E-state index < -0.39 is 0 Å². The number of amides is 1. The molecule has 1 amide bonds. The zero-order chi connectivity index (χ0) is 20.0. The van der Waals surface area contributed by atoms with E-state index in [0.29, 0.717) is 13.0 Å². The first-order valence-electron chi connectivity index (χ1n) is 10.1. The maximum absolute atomic E-state index is 13.1. The number of morpholine rings is 1. The van der Waals surface area contributed by atoms with Crippen LogP contribution in [0, 0.1) is 5.41 Å². The summed E-state index contributed by atoms with van der Waals surface area (Å²) in [6, 6.07) is 12.1. The van der Waals surface area contributed by atoms with Crippen LogP contribution in [0.3, 0.4) is 0 Å². The van der Waals surface area contributed by atoms with Crippen molar-refractivity contribution in [2.24, 2.45) is 5.41 Å². The number of para-hydroxylation sites is 1. The summed E-state index contributed by atoms with van der Waals surface area (Å²) < 4.78 is 7.36. The van der Waals surface area contributed by atoms with Crippen LogP contribution in [0.5, 0.6) is 0 Å². The molecule has 1 fully saturated rings. The van der Waals surface area contributed by atoms with Gasteiger partial charge in [-0.25, -0.2) is 4.68 Å². The number of benzene rings is 1. The van der Waals surface area contributed by atoms with Crippen molar-refractivity contribution in [2.45, 2.75) is 33.7 Å². The Balaban J connectivity index is 1.73. The highest BCUT2D eigenvalue weighted by atomic mass is 16.5. The second kappa shape index (κ2) is 9.34. The Hall–Kier alpha value is -2.18. The Morgan fingerprint density at radius 3 is 2.54 bits per heavy atom. The second-order valence-electron chi connectivity index (χ2n) is 8.58. The molecule has 0 spiro atoms. The molecule has 0 saturated carbocycles. The molecule has 6 nitrogen and oxygen atoms in total.